The van der Waals surface area contributed by atoms with E-state index in [1.807, 2.05) is 6.92 Å². The lowest BCUT2D eigenvalue weighted by Gasteiger charge is -2.11. The van der Waals surface area contributed by atoms with Crippen LogP contribution in [0.2, 0.25) is 0 Å². The van der Waals surface area contributed by atoms with Gasteiger partial charge >= 0.3 is 0 Å². The minimum atomic E-state index is -5.14. The number of azo groups is 3. The molecule has 6 N–H and O–H groups in total. The van der Waals surface area contributed by atoms with Gasteiger partial charge in [-0.15, -0.1) is 40.9 Å². The largest absolute Gasteiger partial charge is 0.505 e. The molecule has 0 saturated carbocycles. The first-order valence-corrected chi connectivity index (χ1v) is 27.6. The second-order valence-electron chi connectivity index (χ2n) is 14.8. The fourth-order valence-electron chi connectivity index (χ4n) is 6.59. The van der Waals surface area contributed by atoms with E-state index in [0.717, 1.165) is 33.3 Å². The maximum atomic E-state index is 13.6. The van der Waals surface area contributed by atoms with E-state index in [9.17, 15) is 61.8 Å². The summed E-state index contributed by atoms with van der Waals surface area (Å²) < 4.78 is 143. The molecule has 0 bridgehead atoms. The van der Waals surface area contributed by atoms with Crippen LogP contribution in [0, 0.1) is 13.8 Å². The van der Waals surface area contributed by atoms with Gasteiger partial charge in [-0.1, -0.05) is 42.2 Å². The number of aryl methyl sites for hydroxylation is 2. The monoisotopic (exact) mass is 1080 g/mol. The third-order valence-corrected chi connectivity index (χ3v) is 15.4. The van der Waals surface area contributed by atoms with Crippen molar-refractivity contribution in [2.45, 2.75) is 52.6 Å². The summed E-state index contributed by atoms with van der Waals surface area (Å²) in [6.07, 6.45) is 0.839. The van der Waals surface area contributed by atoms with Crippen LogP contribution in [0.1, 0.15) is 31.0 Å². The van der Waals surface area contributed by atoms with Gasteiger partial charge in [-0.3, -0.25) is 28.1 Å². The Balaban J connectivity index is 1.21. The van der Waals surface area contributed by atoms with Gasteiger partial charge in [-0.25, -0.2) is 4.68 Å². The summed E-state index contributed by atoms with van der Waals surface area (Å²) in [6.45, 7) is 4.94. The van der Waals surface area contributed by atoms with Gasteiger partial charge in [0.2, 0.25) is 0 Å². The zero-order chi connectivity index (χ0) is 50.9. The first-order chi connectivity index (χ1) is 32.8. The Labute approximate surface area is 405 Å². The van der Waals surface area contributed by atoms with Crippen molar-refractivity contribution in [3.05, 3.63) is 88.3 Å². The molecule has 0 radical (unpaired) electrons. The van der Waals surface area contributed by atoms with E-state index in [2.05, 4.69) is 46.0 Å². The number of aromatic amines is 1. The molecule has 0 unspecified atom stereocenters. The number of hydrogen-bond donors (Lipinski definition) is 6. The number of nitrogens with one attached hydrogen (secondary N) is 1. The molecule has 2 aromatic heterocycles. The third kappa shape index (κ3) is 11.8. The highest BCUT2D eigenvalue weighted by atomic mass is 32.2. The fraction of sp³-hybridized carbons (Fsp3) is 0.205. The molecule has 31 heteroatoms. The number of rotatable bonds is 18. The SMILES string of the molecule is CCCSc1nnc(N=Nc2cc(OCCCS(=O)(=O)O)c(N=Nc3ccc4c(S(=O)(=O)O)c(N=Nc5c(C)[nH]n(-c6ccc7c(S(=O)(=O)O)cc(S(=O)(=O)O)cc7c6)c5=O)ccc4c3O)cc2C)s1. The summed E-state index contributed by atoms with van der Waals surface area (Å²) >= 11 is 2.77. The van der Waals surface area contributed by atoms with Crippen LogP contribution in [0.25, 0.3) is 27.2 Å². The molecule has 0 atom stereocenters. The summed E-state index contributed by atoms with van der Waals surface area (Å²) in [4.78, 5) is 11.1. The summed E-state index contributed by atoms with van der Waals surface area (Å²) in [5, 5.41) is 46.5. The second kappa shape index (κ2) is 20.1. The van der Waals surface area contributed by atoms with Crippen molar-refractivity contribution in [3.8, 4) is 17.2 Å². The summed E-state index contributed by atoms with van der Waals surface area (Å²) in [7, 11) is -19.4. The number of fused-ring (bicyclic) bond motifs is 2. The van der Waals surface area contributed by atoms with Gasteiger partial charge in [0.15, 0.2) is 15.8 Å². The Morgan fingerprint density at radius 1 is 0.729 bits per heavy atom. The number of phenols is 1. The molecule has 368 valence electrons. The van der Waals surface area contributed by atoms with Crippen molar-refractivity contribution < 1.29 is 61.7 Å². The maximum absolute atomic E-state index is 13.6. The average Bonchev–Trinajstić information content (AvgIpc) is 3.85. The van der Waals surface area contributed by atoms with Gasteiger partial charge in [-0.05, 0) is 86.2 Å². The molecular formula is C39H36N10O15S6. The van der Waals surface area contributed by atoms with Crippen molar-refractivity contribution >= 4 is 119 Å². The van der Waals surface area contributed by atoms with E-state index in [-0.39, 0.29) is 68.8 Å². The first-order valence-electron chi connectivity index (χ1n) is 19.9. The van der Waals surface area contributed by atoms with E-state index in [4.69, 9.17) is 4.74 Å². The minimum absolute atomic E-state index is 0.00221. The predicted molar refractivity (Wildman–Crippen MR) is 255 cm³/mol. The highest BCUT2D eigenvalue weighted by Crippen LogP contribution is 2.43. The van der Waals surface area contributed by atoms with Crippen LogP contribution in [-0.4, -0.2) is 95.1 Å². The number of hydrogen-bond acceptors (Lipinski definition) is 21. The lowest BCUT2D eigenvalue weighted by molar-refractivity contribution is 0.317. The molecule has 0 aliphatic carbocycles. The molecule has 5 aromatic carbocycles. The Hall–Kier alpha value is -6.42. The van der Waals surface area contributed by atoms with Gasteiger partial charge in [0.05, 0.1) is 34.3 Å². The van der Waals surface area contributed by atoms with Crippen molar-refractivity contribution in [2.24, 2.45) is 30.7 Å². The quantitative estimate of drug-likeness (QED) is 0.0202. The van der Waals surface area contributed by atoms with Crippen LogP contribution in [0.15, 0.2) is 121 Å². The molecule has 0 aliphatic rings. The molecule has 0 fully saturated rings. The average molecular weight is 1080 g/mol. The molecule has 70 heavy (non-hydrogen) atoms. The molecule has 7 aromatic rings. The number of thioether (sulfide) groups is 1. The fourth-order valence-corrected chi connectivity index (χ4v) is 10.8. The Kier molecular flexibility index (Phi) is 14.8. The van der Waals surface area contributed by atoms with Crippen molar-refractivity contribution in [3.63, 3.8) is 0 Å². The summed E-state index contributed by atoms with van der Waals surface area (Å²) in [5.74, 6) is -0.271. The topological polar surface area (TPSA) is 385 Å². The van der Waals surface area contributed by atoms with E-state index in [0.29, 0.717) is 22.4 Å². The van der Waals surface area contributed by atoms with Crippen LogP contribution in [0.5, 0.6) is 11.5 Å². The number of benzene rings is 5. The molecule has 25 nitrogen and oxygen atoms in total. The highest BCUT2D eigenvalue weighted by Gasteiger charge is 2.24. The van der Waals surface area contributed by atoms with Crippen LogP contribution < -0.4 is 10.3 Å². The van der Waals surface area contributed by atoms with Crippen molar-refractivity contribution in [1.82, 2.24) is 20.0 Å². The van der Waals surface area contributed by atoms with Crippen molar-refractivity contribution in [2.75, 3.05) is 18.1 Å². The predicted octanol–water partition coefficient (Wildman–Crippen LogP) is 8.79. The molecule has 0 aliphatic heterocycles. The van der Waals surface area contributed by atoms with Gasteiger partial charge in [0.25, 0.3) is 51.2 Å². The molecule has 0 amide bonds. The van der Waals surface area contributed by atoms with E-state index < -0.39 is 77.9 Å². The maximum Gasteiger partial charge on any atom is 0.299 e. The van der Waals surface area contributed by atoms with E-state index in [1.54, 1.807) is 6.92 Å². The second-order valence-corrected chi connectivity index (χ2v) is 22.9. The number of phenolic OH excluding ortho intramolecular Hbond substituents is 1. The van der Waals surface area contributed by atoms with Crippen LogP contribution in [0.3, 0.4) is 0 Å². The molecular weight excluding hydrogens is 1040 g/mol. The van der Waals surface area contributed by atoms with Gasteiger partial charge in [0, 0.05) is 28.0 Å². The van der Waals surface area contributed by atoms with Crippen LogP contribution >= 0.6 is 23.1 Å². The van der Waals surface area contributed by atoms with E-state index >= 15 is 0 Å². The Morgan fingerprint density at radius 3 is 2.09 bits per heavy atom. The number of H-pyrrole nitrogens is 1. The standard InChI is InChI=1S/C39H36N10O15S6/c1-4-13-65-39-47-46-38(66-39)45-42-30-19-32(64-12-5-14-67(52,53)54)31(15-20(30)2)43-40-28-10-9-27-26(35(28)50)8-11-29(36(27)70(61,62)63)41-44-34-21(3)48-49(37(34)51)23-6-7-25-22(16-23)17-24(68(55,56)57)18-33(25)69(58,59)60/h6-11,15-19,48,50H,4-5,12-14H2,1-3H3,(H,52,53,54)(H,55,56,57)(H,58,59,60)(H,61,62,63). The van der Waals surface area contributed by atoms with Crippen molar-refractivity contribution in [1.29, 1.82) is 0 Å². The number of aromatic hydroxyl groups is 1. The van der Waals surface area contributed by atoms with Crippen LogP contribution in [-0.2, 0) is 40.5 Å². The molecule has 0 spiro atoms. The van der Waals surface area contributed by atoms with Gasteiger partial charge in [0.1, 0.15) is 32.6 Å². The Bertz CT molecular complexity index is 3850. The van der Waals surface area contributed by atoms with Gasteiger partial charge < -0.3 is 9.84 Å². The normalized spacial score (nSPS) is 13.0. The molecule has 7 rings (SSSR count). The lowest BCUT2D eigenvalue weighted by Crippen LogP contribution is -2.14. The zero-order valence-electron chi connectivity index (χ0n) is 36.2. The molecule has 0 saturated heterocycles. The zero-order valence-corrected chi connectivity index (χ0v) is 41.1. The summed E-state index contributed by atoms with van der Waals surface area (Å²) in [5.41, 5.74) is -0.892. The molecule has 2 heterocycles. The Morgan fingerprint density at radius 2 is 1.40 bits per heavy atom. The number of nitrogens with zero attached hydrogens (tertiary/aromatic N) is 9. The smallest absolute Gasteiger partial charge is 0.299 e. The lowest BCUT2D eigenvalue weighted by atomic mass is 10.1. The number of aromatic nitrogens is 4. The summed E-state index contributed by atoms with van der Waals surface area (Å²) in [6, 6.07) is 12.8. The minimum Gasteiger partial charge on any atom is -0.505 e. The third-order valence-electron chi connectivity index (χ3n) is 9.76. The number of ether oxygens (including phenoxy) is 1. The highest BCUT2D eigenvalue weighted by molar-refractivity contribution is 8.01. The van der Waals surface area contributed by atoms with Gasteiger partial charge in [-0.2, -0.15) is 33.7 Å². The van der Waals surface area contributed by atoms with E-state index in [1.165, 1.54) is 78.6 Å². The first kappa shape index (κ1) is 51.4. The van der Waals surface area contributed by atoms with Crippen LogP contribution in [0.4, 0.5) is 33.6 Å².